The third-order valence-electron chi connectivity index (χ3n) is 3.75. The lowest BCUT2D eigenvalue weighted by Crippen LogP contribution is -2.44. The van der Waals surface area contributed by atoms with Crippen LogP contribution < -0.4 is 15.5 Å². The highest BCUT2D eigenvalue weighted by atomic mass is 127. The van der Waals surface area contributed by atoms with Crippen LogP contribution in [0.1, 0.15) is 27.2 Å². The van der Waals surface area contributed by atoms with Gasteiger partial charge < -0.3 is 15.5 Å². The molecule has 0 aromatic heterocycles. The van der Waals surface area contributed by atoms with Crippen LogP contribution in [0, 0.1) is 5.92 Å². The second-order valence-electron chi connectivity index (χ2n) is 5.79. The molecule has 0 heterocycles. The molecule has 0 aliphatic carbocycles. The fraction of sp³-hybridized carbons (Fsp3) is 0.588. The Morgan fingerprint density at radius 2 is 1.82 bits per heavy atom. The maximum absolute atomic E-state index is 4.27. The molecule has 4 nitrogen and oxygen atoms in total. The summed E-state index contributed by atoms with van der Waals surface area (Å²) in [7, 11) is 3.95. The number of para-hydroxylation sites is 1. The molecule has 1 atom stereocenters. The predicted molar refractivity (Wildman–Crippen MR) is 109 cm³/mol. The summed E-state index contributed by atoms with van der Waals surface area (Å²) >= 11 is 0. The standard InChI is InChI=1S/C17H30N4.HI/c1-14(2)15(3)20-17(18-4)19-12-9-13-21(5)16-10-7-6-8-11-16;/h6-8,10-11,14-15H,9,12-13H2,1-5H3,(H2,18,19,20);1H. The molecule has 5 heteroatoms. The smallest absolute Gasteiger partial charge is 0.191 e. The Kier molecular flexibility index (Phi) is 11.1. The van der Waals surface area contributed by atoms with Crippen molar-refractivity contribution in [1.29, 1.82) is 0 Å². The van der Waals surface area contributed by atoms with Crippen LogP contribution in [0.4, 0.5) is 5.69 Å². The number of rotatable bonds is 7. The van der Waals surface area contributed by atoms with E-state index < -0.39 is 0 Å². The quantitative estimate of drug-likeness (QED) is 0.309. The van der Waals surface area contributed by atoms with Gasteiger partial charge in [0, 0.05) is 38.9 Å². The molecule has 0 saturated carbocycles. The molecule has 0 amide bonds. The van der Waals surface area contributed by atoms with Crippen LogP contribution in [0.3, 0.4) is 0 Å². The van der Waals surface area contributed by atoms with Gasteiger partial charge in [0.1, 0.15) is 0 Å². The van der Waals surface area contributed by atoms with Gasteiger partial charge in [-0.1, -0.05) is 32.0 Å². The predicted octanol–water partition coefficient (Wildman–Crippen LogP) is 3.34. The number of hydrogen-bond acceptors (Lipinski definition) is 2. The second-order valence-corrected chi connectivity index (χ2v) is 5.79. The van der Waals surface area contributed by atoms with Gasteiger partial charge in [0.05, 0.1) is 0 Å². The zero-order chi connectivity index (χ0) is 15.7. The van der Waals surface area contributed by atoms with Crippen LogP contribution in [0.15, 0.2) is 35.3 Å². The van der Waals surface area contributed by atoms with Gasteiger partial charge in [0.15, 0.2) is 5.96 Å². The summed E-state index contributed by atoms with van der Waals surface area (Å²) in [5, 5.41) is 6.79. The first-order valence-corrected chi connectivity index (χ1v) is 7.78. The van der Waals surface area contributed by atoms with Gasteiger partial charge in [-0.3, -0.25) is 4.99 Å². The van der Waals surface area contributed by atoms with E-state index in [0.717, 1.165) is 25.5 Å². The fourth-order valence-electron chi connectivity index (χ4n) is 1.91. The molecule has 22 heavy (non-hydrogen) atoms. The summed E-state index contributed by atoms with van der Waals surface area (Å²) in [5.74, 6) is 1.48. The van der Waals surface area contributed by atoms with Crippen LogP contribution in [0.2, 0.25) is 0 Å². The highest BCUT2D eigenvalue weighted by Gasteiger charge is 2.08. The average Bonchev–Trinajstić information content (AvgIpc) is 2.50. The lowest BCUT2D eigenvalue weighted by Gasteiger charge is -2.22. The van der Waals surface area contributed by atoms with Crippen LogP contribution >= 0.6 is 24.0 Å². The van der Waals surface area contributed by atoms with E-state index in [1.165, 1.54) is 5.69 Å². The largest absolute Gasteiger partial charge is 0.375 e. The molecular weight excluding hydrogens is 387 g/mol. The highest BCUT2D eigenvalue weighted by molar-refractivity contribution is 14.0. The van der Waals surface area contributed by atoms with E-state index in [0.29, 0.717) is 12.0 Å². The zero-order valence-electron chi connectivity index (χ0n) is 14.5. The topological polar surface area (TPSA) is 39.7 Å². The Bertz CT molecular complexity index is 420. The molecule has 0 spiro atoms. The van der Waals surface area contributed by atoms with Gasteiger partial charge in [-0.05, 0) is 31.4 Å². The van der Waals surface area contributed by atoms with Crippen molar-refractivity contribution in [3.05, 3.63) is 30.3 Å². The molecule has 0 aliphatic heterocycles. The van der Waals surface area contributed by atoms with Crippen LogP contribution in [-0.4, -0.2) is 39.2 Å². The van der Waals surface area contributed by atoms with E-state index in [1.807, 2.05) is 13.1 Å². The summed E-state index contributed by atoms with van der Waals surface area (Å²) < 4.78 is 0. The molecule has 0 radical (unpaired) electrons. The van der Waals surface area contributed by atoms with Crippen LogP contribution in [-0.2, 0) is 0 Å². The van der Waals surface area contributed by atoms with Crippen LogP contribution in [0.25, 0.3) is 0 Å². The van der Waals surface area contributed by atoms with Crippen molar-refractivity contribution < 1.29 is 0 Å². The third kappa shape index (κ3) is 7.87. The summed E-state index contributed by atoms with van der Waals surface area (Å²) in [4.78, 5) is 6.54. The Morgan fingerprint density at radius 3 is 2.36 bits per heavy atom. The number of aliphatic imine (C=N–C) groups is 1. The maximum Gasteiger partial charge on any atom is 0.191 e. The summed E-state index contributed by atoms with van der Waals surface area (Å²) in [5.41, 5.74) is 1.26. The summed E-state index contributed by atoms with van der Waals surface area (Å²) in [6.07, 6.45) is 1.07. The van der Waals surface area contributed by atoms with Gasteiger partial charge in [0.25, 0.3) is 0 Å². The number of anilines is 1. The van der Waals surface area contributed by atoms with Crippen molar-refractivity contribution in [3.8, 4) is 0 Å². The number of benzene rings is 1. The van der Waals surface area contributed by atoms with Crippen molar-refractivity contribution in [3.63, 3.8) is 0 Å². The van der Waals surface area contributed by atoms with Crippen molar-refractivity contribution in [2.75, 3.05) is 32.1 Å². The first-order chi connectivity index (χ1) is 10.0. The van der Waals surface area contributed by atoms with Gasteiger partial charge in [-0.25, -0.2) is 0 Å². The summed E-state index contributed by atoms with van der Waals surface area (Å²) in [6, 6.07) is 10.9. The molecule has 1 rings (SSSR count). The SMILES string of the molecule is CN=C(NCCCN(C)c1ccccc1)NC(C)C(C)C.I. The molecule has 0 fully saturated rings. The summed E-state index contributed by atoms with van der Waals surface area (Å²) in [6.45, 7) is 8.54. The van der Waals surface area contributed by atoms with Gasteiger partial charge in [-0.2, -0.15) is 0 Å². The van der Waals surface area contributed by atoms with Crippen molar-refractivity contribution in [2.45, 2.75) is 33.2 Å². The molecule has 1 aromatic rings. The van der Waals surface area contributed by atoms with E-state index in [4.69, 9.17) is 0 Å². The van der Waals surface area contributed by atoms with E-state index in [-0.39, 0.29) is 24.0 Å². The van der Waals surface area contributed by atoms with E-state index in [2.05, 4.69) is 72.6 Å². The minimum atomic E-state index is 0. The minimum Gasteiger partial charge on any atom is -0.375 e. The molecule has 2 N–H and O–H groups in total. The lowest BCUT2D eigenvalue weighted by atomic mass is 10.1. The first kappa shape index (κ1) is 21.0. The molecular formula is C17H31IN4. The van der Waals surface area contributed by atoms with Gasteiger partial charge in [-0.15, -0.1) is 24.0 Å². The highest BCUT2D eigenvalue weighted by Crippen LogP contribution is 2.10. The normalized spacial score (nSPS) is 12.5. The Labute approximate surface area is 152 Å². The zero-order valence-corrected chi connectivity index (χ0v) is 16.8. The third-order valence-corrected chi connectivity index (χ3v) is 3.75. The Balaban J connectivity index is 0.00000441. The second kappa shape index (κ2) is 11.6. The number of nitrogens with one attached hydrogen (secondary N) is 2. The average molecular weight is 418 g/mol. The Morgan fingerprint density at radius 1 is 1.18 bits per heavy atom. The molecule has 1 unspecified atom stereocenters. The lowest BCUT2D eigenvalue weighted by molar-refractivity contribution is 0.480. The number of nitrogens with zero attached hydrogens (tertiary/aromatic N) is 2. The molecule has 126 valence electrons. The number of hydrogen-bond donors (Lipinski definition) is 2. The number of halogens is 1. The molecule has 1 aromatic carbocycles. The van der Waals surface area contributed by atoms with Crippen molar-refractivity contribution in [2.24, 2.45) is 10.9 Å². The number of guanidine groups is 1. The maximum atomic E-state index is 4.27. The monoisotopic (exact) mass is 418 g/mol. The van der Waals surface area contributed by atoms with E-state index in [1.54, 1.807) is 0 Å². The van der Waals surface area contributed by atoms with Crippen molar-refractivity contribution in [1.82, 2.24) is 10.6 Å². The minimum absolute atomic E-state index is 0. The van der Waals surface area contributed by atoms with Gasteiger partial charge >= 0.3 is 0 Å². The van der Waals surface area contributed by atoms with E-state index >= 15 is 0 Å². The first-order valence-electron chi connectivity index (χ1n) is 7.78. The van der Waals surface area contributed by atoms with Crippen LogP contribution in [0.5, 0.6) is 0 Å². The molecule has 0 bridgehead atoms. The molecule has 0 saturated heterocycles. The van der Waals surface area contributed by atoms with Crippen molar-refractivity contribution >= 4 is 35.6 Å². The van der Waals surface area contributed by atoms with Gasteiger partial charge in [0.2, 0.25) is 0 Å². The van der Waals surface area contributed by atoms with E-state index in [9.17, 15) is 0 Å². The fourth-order valence-corrected chi connectivity index (χ4v) is 1.91. The Hall–Kier alpha value is -0.980. The molecule has 0 aliphatic rings.